The summed E-state index contributed by atoms with van der Waals surface area (Å²) in [6.07, 6.45) is 0.773. The Hall–Kier alpha value is -2.07. The van der Waals surface area contributed by atoms with Crippen LogP contribution in [0.25, 0.3) is 0 Å². The fourth-order valence-corrected chi connectivity index (χ4v) is 2.36. The van der Waals surface area contributed by atoms with Gasteiger partial charge in [-0.05, 0) is 23.8 Å². The predicted molar refractivity (Wildman–Crippen MR) is 76.1 cm³/mol. The van der Waals surface area contributed by atoms with E-state index in [1.807, 2.05) is 24.3 Å². The smallest absolute Gasteiger partial charge is 0.270 e. The number of benzene rings is 1. The van der Waals surface area contributed by atoms with Gasteiger partial charge in [-0.25, -0.2) is 4.98 Å². The minimum Gasteiger partial charge on any atom is -0.488 e. The molecule has 1 aromatic heterocycles. The Morgan fingerprint density at radius 2 is 2.15 bits per heavy atom. The fourth-order valence-electron chi connectivity index (χ4n) is 2.20. The van der Waals surface area contributed by atoms with Crippen molar-refractivity contribution in [3.05, 3.63) is 58.9 Å². The lowest BCUT2D eigenvalue weighted by atomic mass is 10.1. The first-order valence-corrected chi connectivity index (χ1v) is 6.75. The highest BCUT2D eigenvalue weighted by Gasteiger charge is 2.22. The normalized spacial score (nSPS) is 16.4. The van der Waals surface area contributed by atoms with E-state index in [1.165, 1.54) is 5.56 Å². The minimum absolute atomic E-state index is 0.0319. The van der Waals surface area contributed by atoms with Gasteiger partial charge in [0.2, 0.25) is 0 Å². The van der Waals surface area contributed by atoms with Gasteiger partial charge in [0.1, 0.15) is 22.7 Å². The number of nitrogens with zero attached hydrogens (tertiary/aromatic N) is 1. The summed E-state index contributed by atoms with van der Waals surface area (Å²) in [7, 11) is 0. The summed E-state index contributed by atoms with van der Waals surface area (Å²) >= 11 is 5.76. The number of nitrogens with one attached hydrogen (secondary N) is 1. The molecule has 2 heterocycles. The third-order valence-electron chi connectivity index (χ3n) is 3.15. The van der Waals surface area contributed by atoms with Crippen LogP contribution in [-0.4, -0.2) is 23.5 Å². The average molecular weight is 289 g/mol. The maximum atomic E-state index is 11.9. The summed E-state index contributed by atoms with van der Waals surface area (Å²) in [6.45, 7) is 0.446. The van der Waals surface area contributed by atoms with Crippen molar-refractivity contribution in [2.45, 2.75) is 12.5 Å². The third kappa shape index (κ3) is 2.75. The molecule has 0 bridgehead atoms. The fraction of sp³-hybridized carbons (Fsp3) is 0.200. The second kappa shape index (κ2) is 5.51. The van der Waals surface area contributed by atoms with E-state index in [9.17, 15) is 4.79 Å². The number of hydrogen-bond donors (Lipinski definition) is 1. The van der Waals surface area contributed by atoms with Gasteiger partial charge >= 0.3 is 0 Å². The molecule has 1 amide bonds. The SMILES string of the molecule is O=C(NCC1Cc2ccccc2O1)c1cccc(Cl)n1. The number of carbonyl (C=O) groups excluding carboxylic acids is 1. The summed E-state index contributed by atoms with van der Waals surface area (Å²) in [4.78, 5) is 15.9. The monoisotopic (exact) mass is 288 g/mol. The largest absolute Gasteiger partial charge is 0.488 e. The highest BCUT2D eigenvalue weighted by molar-refractivity contribution is 6.29. The summed E-state index contributed by atoms with van der Waals surface area (Å²) in [5, 5.41) is 3.13. The van der Waals surface area contributed by atoms with Gasteiger partial charge in [-0.2, -0.15) is 0 Å². The Balaban J connectivity index is 1.58. The number of para-hydroxylation sites is 1. The van der Waals surface area contributed by atoms with Gasteiger partial charge in [-0.1, -0.05) is 35.9 Å². The van der Waals surface area contributed by atoms with E-state index in [4.69, 9.17) is 16.3 Å². The molecule has 102 valence electrons. The van der Waals surface area contributed by atoms with E-state index in [2.05, 4.69) is 10.3 Å². The van der Waals surface area contributed by atoms with E-state index < -0.39 is 0 Å². The molecular formula is C15H13ClN2O2. The second-order valence-corrected chi connectivity index (χ2v) is 4.99. The van der Waals surface area contributed by atoms with Crippen molar-refractivity contribution < 1.29 is 9.53 Å². The van der Waals surface area contributed by atoms with Crippen LogP contribution in [0.3, 0.4) is 0 Å². The number of rotatable bonds is 3. The highest BCUT2D eigenvalue weighted by Crippen LogP contribution is 2.27. The van der Waals surface area contributed by atoms with Gasteiger partial charge in [0.15, 0.2) is 0 Å². The third-order valence-corrected chi connectivity index (χ3v) is 3.36. The lowest BCUT2D eigenvalue weighted by Gasteiger charge is -2.11. The van der Waals surface area contributed by atoms with Crippen LogP contribution in [-0.2, 0) is 6.42 Å². The van der Waals surface area contributed by atoms with E-state index in [0.29, 0.717) is 17.4 Å². The van der Waals surface area contributed by atoms with Crippen molar-refractivity contribution in [2.75, 3.05) is 6.54 Å². The molecule has 4 nitrogen and oxygen atoms in total. The number of carbonyl (C=O) groups is 1. The zero-order valence-corrected chi connectivity index (χ0v) is 11.4. The molecule has 0 spiro atoms. The zero-order chi connectivity index (χ0) is 13.9. The Bertz CT molecular complexity index is 620. The van der Waals surface area contributed by atoms with Crippen LogP contribution < -0.4 is 10.1 Å². The Morgan fingerprint density at radius 1 is 1.30 bits per heavy atom. The molecule has 1 aromatic carbocycles. The first kappa shape index (κ1) is 12.9. The molecule has 1 atom stereocenters. The van der Waals surface area contributed by atoms with Crippen molar-refractivity contribution in [3.8, 4) is 5.75 Å². The van der Waals surface area contributed by atoms with E-state index >= 15 is 0 Å². The number of aromatic nitrogens is 1. The van der Waals surface area contributed by atoms with Crippen molar-refractivity contribution >= 4 is 17.5 Å². The molecule has 0 aliphatic carbocycles. The zero-order valence-electron chi connectivity index (χ0n) is 10.7. The first-order valence-electron chi connectivity index (χ1n) is 6.38. The summed E-state index contributed by atoms with van der Waals surface area (Å²) in [5.74, 6) is 0.652. The number of pyridine rings is 1. The van der Waals surface area contributed by atoms with Crippen LogP contribution in [0.5, 0.6) is 5.75 Å². The molecule has 0 fully saturated rings. The maximum absolute atomic E-state index is 11.9. The van der Waals surface area contributed by atoms with Crippen LogP contribution in [0.2, 0.25) is 5.15 Å². The molecule has 1 aliphatic rings. The molecule has 3 rings (SSSR count). The number of ether oxygens (including phenoxy) is 1. The van der Waals surface area contributed by atoms with Crippen LogP contribution in [0.4, 0.5) is 0 Å². The molecule has 2 aromatic rings. The van der Waals surface area contributed by atoms with Crippen molar-refractivity contribution in [2.24, 2.45) is 0 Å². The van der Waals surface area contributed by atoms with Gasteiger partial charge in [0, 0.05) is 6.42 Å². The lowest BCUT2D eigenvalue weighted by molar-refractivity contribution is 0.0928. The number of halogens is 1. The Labute approximate surface area is 121 Å². The van der Waals surface area contributed by atoms with Gasteiger partial charge in [-0.3, -0.25) is 4.79 Å². The van der Waals surface area contributed by atoms with E-state index in [1.54, 1.807) is 18.2 Å². The molecule has 1 unspecified atom stereocenters. The summed E-state index contributed by atoms with van der Waals surface area (Å²) in [5.41, 5.74) is 1.49. The van der Waals surface area contributed by atoms with Crippen LogP contribution in [0.1, 0.15) is 16.1 Å². The molecule has 1 aliphatic heterocycles. The van der Waals surface area contributed by atoms with Crippen molar-refractivity contribution in [3.63, 3.8) is 0 Å². The van der Waals surface area contributed by atoms with Crippen LogP contribution in [0.15, 0.2) is 42.5 Å². The topological polar surface area (TPSA) is 51.2 Å². The van der Waals surface area contributed by atoms with Crippen molar-refractivity contribution in [1.82, 2.24) is 10.3 Å². The van der Waals surface area contributed by atoms with Gasteiger partial charge in [0.25, 0.3) is 5.91 Å². The molecule has 5 heteroatoms. The number of hydrogen-bond acceptors (Lipinski definition) is 3. The summed E-state index contributed by atoms with van der Waals surface area (Å²) in [6, 6.07) is 12.9. The standard InChI is InChI=1S/C15H13ClN2O2/c16-14-7-3-5-12(18-14)15(19)17-9-11-8-10-4-1-2-6-13(10)20-11/h1-7,11H,8-9H2,(H,17,19). The first-order chi connectivity index (χ1) is 9.72. The number of amides is 1. The van der Waals surface area contributed by atoms with Crippen LogP contribution in [0, 0.1) is 0 Å². The van der Waals surface area contributed by atoms with Gasteiger partial charge < -0.3 is 10.1 Å². The number of fused-ring (bicyclic) bond motifs is 1. The average Bonchev–Trinajstić information content (AvgIpc) is 2.87. The minimum atomic E-state index is -0.243. The molecular weight excluding hydrogens is 276 g/mol. The molecule has 0 radical (unpaired) electrons. The van der Waals surface area contributed by atoms with E-state index in [-0.39, 0.29) is 12.0 Å². The van der Waals surface area contributed by atoms with Gasteiger partial charge in [0.05, 0.1) is 6.54 Å². The second-order valence-electron chi connectivity index (χ2n) is 4.61. The highest BCUT2D eigenvalue weighted by atomic mass is 35.5. The quantitative estimate of drug-likeness (QED) is 0.883. The predicted octanol–water partition coefficient (Wildman–Crippen LogP) is 2.47. The van der Waals surface area contributed by atoms with Crippen molar-refractivity contribution in [1.29, 1.82) is 0 Å². The Kier molecular flexibility index (Phi) is 3.56. The maximum Gasteiger partial charge on any atom is 0.270 e. The molecule has 0 saturated carbocycles. The summed E-state index contributed by atoms with van der Waals surface area (Å²) < 4.78 is 5.76. The Morgan fingerprint density at radius 3 is 2.95 bits per heavy atom. The lowest BCUT2D eigenvalue weighted by Crippen LogP contribution is -2.34. The van der Waals surface area contributed by atoms with Gasteiger partial charge in [-0.15, -0.1) is 0 Å². The van der Waals surface area contributed by atoms with Crippen LogP contribution >= 0.6 is 11.6 Å². The molecule has 1 N–H and O–H groups in total. The molecule has 0 saturated heterocycles. The molecule has 20 heavy (non-hydrogen) atoms. The van der Waals surface area contributed by atoms with E-state index in [0.717, 1.165) is 12.2 Å².